The van der Waals surface area contributed by atoms with Gasteiger partial charge in [-0.05, 0) is 35.6 Å². The third-order valence-electron chi connectivity index (χ3n) is 4.07. The Bertz CT molecular complexity index is 828. The molecule has 2 rings (SSSR count). The molecule has 1 unspecified atom stereocenters. The number of rotatable bonds is 7. The largest absolute Gasteiger partial charge is 0.269 e. The normalized spacial score (nSPS) is 13.0. The van der Waals surface area contributed by atoms with Crippen LogP contribution in [0.1, 0.15) is 50.3 Å². The van der Waals surface area contributed by atoms with E-state index in [9.17, 15) is 18.5 Å². The van der Waals surface area contributed by atoms with Crippen molar-refractivity contribution in [3.05, 3.63) is 69.8 Å². The van der Waals surface area contributed by atoms with Crippen molar-refractivity contribution in [3.63, 3.8) is 0 Å². The Morgan fingerprint density at radius 1 is 1.00 bits per heavy atom. The maximum atomic E-state index is 12.6. The van der Waals surface area contributed by atoms with Crippen LogP contribution in [-0.2, 0) is 10.0 Å². The highest BCUT2D eigenvalue weighted by atomic mass is 32.2. The molecule has 0 heterocycles. The van der Waals surface area contributed by atoms with Gasteiger partial charge in [-0.15, -0.1) is 0 Å². The molecule has 0 spiro atoms. The average Bonchev–Trinajstić information content (AvgIpc) is 2.60. The standard InChI is InChI=1S/C18H22N2O4S/c1-4-18(15-7-5-14(6-8-15)13(2)3)19-25(23,24)17-11-9-16(10-12-17)20(21)22/h5-13,18-19H,4H2,1-3H3. The maximum Gasteiger partial charge on any atom is 0.269 e. The molecule has 0 fully saturated rings. The van der Waals surface area contributed by atoms with Gasteiger partial charge in [0, 0.05) is 18.2 Å². The Morgan fingerprint density at radius 2 is 1.52 bits per heavy atom. The number of nitrogens with zero attached hydrogens (tertiary/aromatic N) is 1. The SMILES string of the molecule is CCC(NS(=O)(=O)c1ccc([N+](=O)[O-])cc1)c1ccc(C(C)C)cc1. The summed E-state index contributed by atoms with van der Waals surface area (Å²) in [5, 5.41) is 10.7. The van der Waals surface area contributed by atoms with E-state index < -0.39 is 14.9 Å². The molecule has 1 atom stereocenters. The first-order valence-corrected chi connectivity index (χ1v) is 9.59. The Labute approximate surface area is 148 Å². The van der Waals surface area contributed by atoms with Crippen LogP contribution in [0.3, 0.4) is 0 Å². The van der Waals surface area contributed by atoms with E-state index in [-0.39, 0.29) is 16.6 Å². The molecule has 0 aromatic heterocycles. The van der Waals surface area contributed by atoms with Gasteiger partial charge in [0.1, 0.15) is 0 Å². The topological polar surface area (TPSA) is 89.3 Å². The van der Waals surface area contributed by atoms with Gasteiger partial charge in [0.25, 0.3) is 5.69 Å². The lowest BCUT2D eigenvalue weighted by Gasteiger charge is -2.18. The van der Waals surface area contributed by atoms with Crippen LogP contribution in [0.5, 0.6) is 0 Å². The molecule has 0 aliphatic rings. The summed E-state index contributed by atoms with van der Waals surface area (Å²) >= 11 is 0. The number of sulfonamides is 1. The van der Waals surface area contributed by atoms with Crippen molar-refractivity contribution < 1.29 is 13.3 Å². The van der Waals surface area contributed by atoms with Crippen LogP contribution < -0.4 is 4.72 Å². The molecule has 2 aromatic rings. The molecule has 6 nitrogen and oxygen atoms in total. The molecule has 0 saturated heterocycles. The second-order valence-corrected chi connectivity index (χ2v) is 7.87. The summed E-state index contributed by atoms with van der Waals surface area (Å²) in [5.41, 5.74) is 1.93. The fraction of sp³-hybridized carbons (Fsp3) is 0.333. The number of benzene rings is 2. The molecule has 0 aliphatic heterocycles. The first kappa shape index (κ1) is 19.1. The van der Waals surface area contributed by atoms with Crippen molar-refractivity contribution in [2.24, 2.45) is 0 Å². The summed E-state index contributed by atoms with van der Waals surface area (Å²) < 4.78 is 27.8. The lowest BCUT2D eigenvalue weighted by Crippen LogP contribution is -2.28. The number of hydrogen-bond donors (Lipinski definition) is 1. The van der Waals surface area contributed by atoms with E-state index in [4.69, 9.17) is 0 Å². The van der Waals surface area contributed by atoms with E-state index in [1.807, 2.05) is 31.2 Å². The molecule has 0 saturated carbocycles. The van der Waals surface area contributed by atoms with E-state index in [0.29, 0.717) is 12.3 Å². The van der Waals surface area contributed by atoms with E-state index >= 15 is 0 Å². The quantitative estimate of drug-likeness (QED) is 0.592. The zero-order valence-electron chi connectivity index (χ0n) is 14.5. The highest BCUT2D eigenvalue weighted by Crippen LogP contribution is 2.23. The molecule has 0 radical (unpaired) electrons. The van der Waals surface area contributed by atoms with Gasteiger partial charge in [-0.25, -0.2) is 13.1 Å². The predicted octanol–water partition coefficient (Wildman–Crippen LogP) is 4.15. The van der Waals surface area contributed by atoms with Crippen molar-refractivity contribution >= 4 is 15.7 Å². The molecule has 1 N–H and O–H groups in total. The van der Waals surface area contributed by atoms with E-state index in [1.165, 1.54) is 29.8 Å². The smallest absolute Gasteiger partial charge is 0.258 e. The number of nitro benzene ring substituents is 1. The van der Waals surface area contributed by atoms with Gasteiger partial charge < -0.3 is 0 Å². The zero-order valence-corrected chi connectivity index (χ0v) is 15.3. The molecular formula is C18H22N2O4S. The fourth-order valence-corrected chi connectivity index (χ4v) is 3.81. The first-order valence-electron chi connectivity index (χ1n) is 8.11. The van der Waals surface area contributed by atoms with Crippen LogP contribution in [0.4, 0.5) is 5.69 Å². The molecule has 0 bridgehead atoms. The highest BCUT2D eigenvalue weighted by Gasteiger charge is 2.21. The summed E-state index contributed by atoms with van der Waals surface area (Å²) in [4.78, 5) is 10.1. The number of hydrogen-bond acceptors (Lipinski definition) is 4. The zero-order chi connectivity index (χ0) is 18.6. The van der Waals surface area contributed by atoms with Crippen molar-refractivity contribution in [2.45, 2.75) is 44.0 Å². The van der Waals surface area contributed by atoms with Crippen LogP contribution in [0.15, 0.2) is 53.4 Å². The maximum absolute atomic E-state index is 12.6. The van der Waals surface area contributed by atoms with Crippen LogP contribution in [0.25, 0.3) is 0 Å². The van der Waals surface area contributed by atoms with Gasteiger partial charge in [0.05, 0.1) is 9.82 Å². The number of non-ortho nitro benzene ring substituents is 1. The molecule has 0 amide bonds. The molecular weight excluding hydrogens is 340 g/mol. The third-order valence-corrected chi connectivity index (χ3v) is 5.56. The number of nitro groups is 1. The lowest BCUT2D eigenvalue weighted by atomic mass is 9.98. The summed E-state index contributed by atoms with van der Waals surface area (Å²) in [6.07, 6.45) is 0.591. The summed E-state index contributed by atoms with van der Waals surface area (Å²) in [7, 11) is -3.76. The minimum Gasteiger partial charge on any atom is -0.258 e. The molecule has 0 aliphatic carbocycles. The molecule has 134 valence electrons. The van der Waals surface area contributed by atoms with Crippen LogP contribution in [-0.4, -0.2) is 13.3 Å². The minimum absolute atomic E-state index is 0.00958. The van der Waals surface area contributed by atoms with Gasteiger partial charge in [-0.1, -0.05) is 45.0 Å². The second-order valence-electron chi connectivity index (χ2n) is 6.15. The average molecular weight is 362 g/mol. The van der Waals surface area contributed by atoms with Crippen LogP contribution >= 0.6 is 0 Å². The molecule has 25 heavy (non-hydrogen) atoms. The summed E-state index contributed by atoms with van der Waals surface area (Å²) in [6.45, 7) is 6.10. The monoisotopic (exact) mass is 362 g/mol. The Morgan fingerprint density at radius 3 is 1.96 bits per heavy atom. The first-order chi connectivity index (χ1) is 11.7. The van der Waals surface area contributed by atoms with E-state index in [1.54, 1.807) is 0 Å². The minimum atomic E-state index is -3.76. The van der Waals surface area contributed by atoms with Crippen LogP contribution in [0, 0.1) is 10.1 Å². The summed E-state index contributed by atoms with van der Waals surface area (Å²) in [6, 6.07) is 12.4. The number of nitrogens with one attached hydrogen (secondary N) is 1. The molecule has 2 aromatic carbocycles. The summed E-state index contributed by atoms with van der Waals surface area (Å²) in [5.74, 6) is 0.408. The van der Waals surface area contributed by atoms with Gasteiger partial charge >= 0.3 is 0 Å². The van der Waals surface area contributed by atoms with Gasteiger partial charge in [0.15, 0.2) is 0 Å². The third kappa shape index (κ3) is 4.64. The second kappa shape index (κ2) is 7.76. The molecule has 7 heteroatoms. The van der Waals surface area contributed by atoms with Crippen LogP contribution in [0.2, 0.25) is 0 Å². The van der Waals surface area contributed by atoms with E-state index in [2.05, 4.69) is 18.6 Å². The Balaban J connectivity index is 2.22. The van der Waals surface area contributed by atoms with Crippen molar-refractivity contribution in [2.75, 3.05) is 0 Å². The Kier molecular flexibility index (Phi) is 5.92. The Hall–Kier alpha value is -2.25. The van der Waals surface area contributed by atoms with Gasteiger partial charge in [-0.3, -0.25) is 10.1 Å². The van der Waals surface area contributed by atoms with E-state index in [0.717, 1.165) is 5.56 Å². The fourth-order valence-electron chi connectivity index (χ4n) is 2.50. The van der Waals surface area contributed by atoms with Gasteiger partial charge in [0.2, 0.25) is 10.0 Å². The van der Waals surface area contributed by atoms with Gasteiger partial charge in [-0.2, -0.15) is 0 Å². The lowest BCUT2D eigenvalue weighted by molar-refractivity contribution is -0.384. The van der Waals surface area contributed by atoms with Crippen molar-refractivity contribution in [1.82, 2.24) is 4.72 Å². The van der Waals surface area contributed by atoms with Crippen molar-refractivity contribution in [3.8, 4) is 0 Å². The van der Waals surface area contributed by atoms with Crippen molar-refractivity contribution in [1.29, 1.82) is 0 Å². The predicted molar refractivity (Wildman–Crippen MR) is 97.0 cm³/mol. The highest BCUT2D eigenvalue weighted by molar-refractivity contribution is 7.89.